The Hall–Kier alpha value is -2.07. The molecule has 1 rings (SSSR count). The lowest BCUT2D eigenvalue weighted by molar-refractivity contribution is -0.144. The van der Waals surface area contributed by atoms with E-state index >= 15 is 0 Å². The minimum Gasteiger partial charge on any atom is -0.466 e. The van der Waals surface area contributed by atoms with Crippen LogP contribution in [0, 0.1) is 12.3 Å². The second kappa shape index (κ2) is 7.64. The van der Waals surface area contributed by atoms with Crippen LogP contribution in [0.3, 0.4) is 0 Å². The third-order valence-corrected chi connectivity index (χ3v) is 2.61. The summed E-state index contributed by atoms with van der Waals surface area (Å²) >= 11 is 0. The van der Waals surface area contributed by atoms with Crippen LogP contribution >= 0.6 is 0 Å². The van der Waals surface area contributed by atoms with Gasteiger partial charge in [0, 0.05) is 12.2 Å². The number of nitrogens with zero attached hydrogens (tertiary/aromatic N) is 1. The van der Waals surface area contributed by atoms with Crippen LogP contribution in [-0.2, 0) is 15.7 Å². The molecule has 114 valence electrons. The zero-order chi connectivity index (χ0) is 15.9. The fraction of sp³-hybridized carbons (Fsp3) is 0.429. The first kappa shape index (κ1) is 17.0. The van der Waals surface area contributed by atoms with Crippen molar-refractivity contribution in [2.24, 2.45) is 0 Å². The van der Waals surface area contributed by atoms with Crippen LogP contribution in [0.5, 0.6) is 0 Å². The summed E-state index contributed by atoms with van der Waals surface area (Å²) in [5, 5.41) is 2.88. The number of terminal acetylenes is 1. The fourth-order valence-electron chi connectivity index (χ4n) is 1.66. The molecule has 1 N–H and O–H groups in total. The Morgan fingerprint density at radius 1 is 1.52 bits per heavy atom. The highest BCUT2D eigenvalue weighted by Gasteiger charge is 2.32. The normalized spacial score (nSPS) is 12.5. The summed E-state index contributed by atoms with van der Waals surface area (Å²) < 4.78 is 42.2. The maximum absolute atomic E-state index is 12.5. The Labute approximate surface area is 120 Å². The predicted octanol–water partition coefficient (Wildman–Crippen LogP) is 2.32. The third-order valence-electron chi connectivity index (χ3n) is 2.61. The molecule has 0 amide bonds. The van der Waals surface area contributed by atoms with E-state index in [4.69, 9.17) is 11.2 Å². The molecule has 21 heavy (non-hydrogen) atoms. The Morgan fingerprint density at radius 3 is 2.71 bits per heavy atom. The van der Waals surface area contributed by atoms with Crippen molar-refractivity contribution in [3.63, 3.8) is 0 Å². The van der Waals surface area contributed by atoms with Gasteiger partial charge in [0.25, 0.3) is 0 Å². The summed E-state index contributed by atoms with van der Waals surface area (Å²) in [5.41, 5.74) is -0.551. The molecular weight excluding hydrogens is 285 g/mol. The number of nitrogens with one attached hydrogen (secondary N) is 1. The molecule has 0 aliphatic carbocycles. The van der Waals surface area contributed by atoms with Gasteiger partial charge in [-0.1, -0.05) is 12.0 Å². The van der Waals surface area contributed by atoms with Crippen LogP contribution in [0.2, 0.25) is 0 Å². The van der Waals surface area contributed by atoms with Crippen LogP contribution in [0.15, 0.2) is 18.3 Å². The van der Waals surface area contributed by atoms with Crippen molar-refractivity contribution in [3.8, 4) is 12.3 Å². The van der Waals surface area contributed by atoms with Crippen molar-refractivity contribution in [2.45, 2.75) is 25.6 Å². The molecule has 0 saturated heterocycles. The molecule has 0 aliphatic heterocycles. The first-order valence-corrected chi connectivity index (χ1v) is 6.24. The Balaban J connectivity index is 2.87. The van der Waals surface area contributed by atoms with Gasteiger partial charge in [0.1, 0.15) is 5.69 Å². The SMILES string of the molecule is C#CCNC(CC(=O)OCC)c1ccc(C(F)(F)F)nc1. The zero-order valence-corrected chi connectivity index (χ0v) is 11.4. The number of esters is 1. The summed E-state index contributed by atoms with van der Waals surface area (Å²) in [4.78, 5) is 14.9. The van der Waals surface area contributed by atoms with E-state index < -0.39 is 23.9 Å². The average molecular weight is 300 g/mol. The molecule has 1 heterocycles. The number of pyridine rings is 1. The summed E-state index contributed by atoms with van der Waals surface area (Å²) in [6.45, 7) is 2.07. The molecule has 1 unspecified atom stereocenters. The Kier molecular flexibility index (Phi) is 6.18. The van der Waals surface area contributed by atoms with Gasteiger partial charge in [-0.3, -0.25) is 15.1 Å². The van der Waals surface area contributed by atoms with Gasteiger partial charge in [0.05, 0.1) is 19.6 Å². The maximum atomic E-state index is 12.5. The fourth-order valence-corrected chi connectivity index (χ4v) is 1.66. The standard InChI is InChI=1S/C14H15F3N2O2/c1-3-7-18-11(8-13(20)21-4-2)10-5-6-12(19-9-10)14(15,16)17/h1,5-6,9,11,18H,4,7-8H2,2H3. The lowest BCUT2D eigenvalue weighted by Crippen LogP contribution is -2.25. The summed E-state index contributed by atoms with van der Waals surface area (Å²) in [6.07, 6.45) is 1.67. The van der Waals surface area contributed by atoms with E-state index in [9.17, 15) is 18.0 Å². The first-order valence-electron chi connectivity index (χ1n) is 6.24. The third kappa shape index (κ3) is 5.44. The topological polar surface area (TPSA) is 51.2 Å². The van der Waals surface area contributed by atoms with Crippen LogP contribution in [0.4, 0.5) is 13.2 Å². The van der Waals surface area contributed by atoms with E-state index in [1.165, 1.54) is 6.07 Å². The van der Waals surface area contributed by atoms with Gasteiger partial charge >= 0.3 is 12.1 Å². The first-order chi connectivity index (χ1) is 9.88. The highest BCUT2D eigenvalue weighted by atomic mass is 19.4. The van der Waals surface area contributed by atoms with Gasteiger partial charge < -0.3 is 4.74 Å². The molecule has 1 atom stereocenters. The smallest absolute Gasteiger partial charge is 0.433 e. The molecule has 0 spiro atoms. The minimum absolute atomic E-state index is 0.0391. The number of alkyl halides is 3. The van der Waals surface area contributed by atoms with Gasteiger partial charge in [0.15, 0.2) is 0 Å². The second-order valence-corrected chi connectivity index (χ2v) is 4.12. The Morgan fingerprint density at radius 2 is 2.24 bits per heavy atom. The molecular formula is C14H15F3N2O2. The van der Waals surface area contributed by atoms with Gasteiger partial charge in [-0.2, -0.15) is 13.2 Å². The van der Waals surface area contributed by atoms with Crippen molar-refractivity contribution in [2.75, 3.05) is 13.2 Å². The Bertz CT molecular complexity index is 506. The highest BCUT2D eigenvalue weighted by Crippen LogP contribution is 2.28. The van der Waals surface area contributed by atoms with Crippen molar-refractivity contribution in [3.05, 3.63) is 29.6 Å². The molecule has 0 radical (unpaired) electrons. The summed E-state index contributed by atoms with van der Waals surface area (Å²) in [7, 11) is 0. The zero-order valence-electron chi connectivity index (χ0n) is 11.4. The number of rotatable bonds is 6. The van der Waals surface area contributed by atoms with Gasteiger partial charge in [-0.25, -0.2) is 0 Å². The maximum Gasteiger partial charge on any atom is 0.433 e. The lowest BCUT2D eigenvalue weighted by Gasteiger charge is -2.17. The number of hydrogen-bond acceptors (Lipinski definition) is 4. The second-order valence-electron chi connectivity index (χ2n) is 4.12. The van der Waals surface area contributed by atoms with Crippen LogP contribution in [0.1, 0.15) is 30.6 Å². The number of ether oxygens (including phenoxy) is 1. The number of halogens is 3. The van der Waals surface area contributed by atoms with Crippen molar-refractivity contribution in [1.82, 2.24) is 10.3 Å². The monoisotopic (exact) mass is 300 g/mol. The van der Waals surface area contributed by atoms with Crippen molar-refractivity contribution < 1.29 is 22.7 Å². The summed E-state index contributed by atoms with van der Waals surface area (Å²) in [6, 6.07) is 1.59. The van der Waals surface area contributed by atoms with Gasteiger partial charge in [-0.15, -0.1) is 6.42 Å². The molecule has 0 saturated carbocycles. The van der Waals surface area contributed by atoms with E-state index in [-0.39, 0.29) is 19.6 Å². The van der Waals surface area contributed by atoms with E-state index in [1.807, 2.05) is 0 Å². The number of carbonyl (C=O) groups excluding carboxylic acids is 1. The molecule has 0 bridgehead atoms. The molecule has 0 fully saturated rings. The predicted molar refractivity (Wildman–Crippen MR) is 70.1 cm³/mol. The molecule has 0 aromatic carbocycles. The van der Waals surface area contributed by atoms with E-state index in [0.29, 0.717) is 5.56 Å². The van der Waals surface area contributed by atoms with E-state index in [1.54, 1.807) is 6.92 Å². The highest BCUT2D eigenvalue weighted by molar-refractivity contribution is 5.70. The molecule has 0 aliphatic rings. The van der Waals surface area contributed by atoms with Crippen molar-refractivity contribution >= 4 is 5.97 Å². The van der Waals surface area contributed by atoms with Crippen LogP contribution in [-0.4, -0.2) is 24.1 Å². The van der Waals surface area contributed by atoms with Crippen molar-refractivity contribution in [1.29, 1.82) is 0 Å². The quantitative estimate of drug-likeness (QED) is 0.647. The van der Waals surface area contributed by atoms with E-state index in [2.05, 4.69) is 16.2 Å². The van der Waals surface area contributed by atoms with E-state index in [0.717, 1.165) is 12.3 Å². The number of carbonyl (C=O) groups is 1. The minimum atomic E-state index is -4.50. The molecule has 4 nitrogen and oxygen atoms in total. The number of aromatic nitrogens is 1. The molecule has 1 aromatic heterocycles. The van der Waals surface area contributed by atoms with Gasteiger partial charge in [0.2, 0.25) is 0 Å². The number of hydrogen-bond donors (Lipinski definition) is 1. The lowest BCUT2D eigenvalue weighted by atomic mass is 10.1. The molecule has 1 aromatic rings. The van der Waals surface area contributed by atoms with Gasteiger partial charge in [-0.05, 0) is 18.6 Å². The largest absolute Gasteiger partial charge is 0.466 e. The van der Waals surface area contributed by atoms with Crippen LogP contribution < -0.4 is 5.32 Å². The average Bonchev–Trinajstić information content (AvgIpc) is 2.43. The van der Waals surface area contributed by atoms with Crippen LogP contribution in [0.25, 0.3) is 0 Å². The molecule has 7 heteroatoms. The summed E-state index contributed by atoms with van der Waals surface area (Å²) in [5.74, 6) is 1.88.